The van der Waals surface area contributed by atoms with Gasteiger partial charge in [0.25, 0.3) is 0 Å². The van der Waals surface area contributed by atoms with Crippen molar-refractivity contribution in [1.82, 2.24) is 30.9 Å². The topological polar surface area (TPSA) is 211 Å². The first kappa shape index (κ1) is 39.4. The first-order valence-corrected chi connectivity index (χ1v) is 20.8. The van der Waals surface area contributed by atoms with Gasteiger partial charge in [0.05, 0.1) is 51.1 Å². The second-order valence-corrected chi connectivity index (χ2v) is 16.5. The summed E-state index contributed by atoms with van der Waals surface area (Å²) < 4.78 is 35.4. The number of rotatable bonds is 17. The molecule has 5 heterocycles. The van der Waals surface area contributed by atoms with Crippen LogP contribution in [0.15, 0.2) is 30.5 Å². The summed E-state index contributed by atoms with van der Waals surface area (Å²) >= 11 is 1.88. The number of hydrogen-bond donors (Lipinski definition) is 4. The predicted molar refractivity (Wildman–Crippen MR) is 207 cm³/mol. The Labute approximate surface area is 339 Å². The van der Waals surface area contributed by atoms with E-state index in [1.54, 1.807) is 23.0 Å². The number of esters is 2. The summed E-state index contributed by atoms with van der Waals surface area (Å²) in [7, 11) is 2.90. The van der Waals surface area contributed by atoms with Crippen LogP contribution in [0.4, 0.5) is 4.79 Å². The summed E-state index contributed by atoms with van der Waals surface area (Å²) in [6, 6.07) is 7.02. The van der Waals surface area contributed by atoms with Crippen LogP contribution in [0, 0.1) is 11.8 Å². The summed E-state index contributed by atoms with van der Waals surface area (Å²) in [6.07, 6.45) is 7.31. The van der Waals surface area contributed by atoms with Crippen molar-refractivity contribution in [2.45, 2.75) is 87.3 Å². The van der Waals surface area contributed by atoms with Gasteiger partial charge in [0.1, 0.15) is 12.3 Å². The zero-order chi connectivity index (χ0) is 40.3. The Hall–Kier alpha value is -5.39. The van der Waals surface area contributed by atoms with Crippen molar-refractivity contribution >= 4 is 35.6 Å². The van der Waals surface area contributed by atoms with Gasteiger partial charge in [-0.1, -0.05) is 18.1 Å². The molecule has 0 bridgehead atoms. The van der Waals surface area contributed by atoms with Gasteiger partial charge in [-0.05, 0) is 66.6 Å². The second-order valence-electron chi connectivity index (χ2n) is 15.2. The van der Waals surface area contributed by atoms with Crippen LogP contribution in [0.25, 0.3) is 0 Å². The van der Waals surface area contributed by atoms with Gasteiger partial charge in [-0.2, -0.15) is 11.8 Å². The summed E-state index contributed by atoms with van der Waals surface area (Å²) in [6.45, 7) is 0.684. The predicted octanol–water partition coefficient (Wildman–Crippen LogP) is 3.70. The molecule has 3 aromatic rings. The SMILES string of the molecule is COc1cc([C@@H]2c3cc4c(cc3[C@@H](n3cc(COC(=O)CCCCCNC(=O)CCCC[C@@H]5SC[C@H]6NC(=O)N[C@@H]56)nn3)[C@H]3COC(=O)[C@@H]23)OCO4)cc(OC)c1O. The van der Waals surface area contributed by atoms with Crippen LogP contribution in [0.3, 0.4) is 0 Å². The van der Waals surface area contributed by atoms with Crippen LogP contribution in [0.2, 0.25) is 0 Å². The number of carbonyl (C=O) groups is 4. The molecular formula is C40H48N6O11S. The molecule has 4 N–H and O–H groups in total. The third kappa shape index (κ3) is 8.02. The number of carbonyl (C=O) groups excluding carboxylic acids is 4. The number of phenols is 1. The maximum absolute atomic E-state index is 13.5. The molecule has 17 nitrogen and oxygen atoms in total. The number of hydrogen-bond acceptors (Lipinski definition) is 14. The lowest BCUT2D eigenvalue weighted by Gasteiger charge is -2.39. The number of fused-ring (bicyclic) bond motifs is 4. The van der Waals surface area contributed by atoms with Crippen LogP contribution < -0.4 is 34.9 Å². The van der Waals surface area contributed by atoms with Crippen molar-refractivity contribution in [3.8, 4) is 28.7 Å². The monoisotopic (exact) mass is 820 g/mol. The van der Waals surface area contributed by atoms with E-state index in [0.29, 0.717) is 47.4 Å². The fourth-order valence-electron chi connectivity index (χ4n) is 8.87. The number of nitrogens with one attached hydrogen (secondary N) is 3. The number of cyclic esters (lactones) is 1. The van der Waals surface area contributed by atoms with Crippen molar-refractivity contribution < 1.29 is 52.7 Å². The van der Waals surface area contributed by atoms with Crippen molar-refractivity contribution in [2.24, 2.45) is 11.8 Å². The molecule has 8 rings (SSSR count). The van der Waals surface area contributed by atoms with E-state index in [9.17, 15) is 24.3 Å². The van der Waals surface area contributed by atoms with Crippen molar-refractivity contribution in [1.29, 1.82) is 0 Å². The van der Waals surface area contributed by atoms with Crippen LogP contribution >= 0.6 is 11.8 Å². The van der Waals surface area contributed by atoms with E-state index < -0.39 is 17.9 Å². The molecule has 310 valence electrons. The number of ether oxygens (including phenoxy) is 6. The number of thioether (sulfide) groups is 1. The Morgan fingerprint density at radius 1 is 0.966 bits per heavy atom. The number of unbranched alkanes of at least 4 members (excludes halogenated alkanes) is 3. The lowest BCUT2D eigenvalue weighted by Crippen LogP contribution is -2.37. The van der Waals surface area contributed by atoms with E-state index in [0.717, 1.165) is 49.0 Å². The van der Waals surface area contributed by atoms with Gasteiger partial charge >= 0.3 is 18.0 Å². The molecule has 0 unspecified atom stereocenters. The maximum Gasteiger partial charge on any atom is 0.315 e. The minimum absolute atomic E-state index is 0.0317. The molecule has 3 fully saturated rings. The van der Waals surface area contributed by atoms with Crippen molar-refractivity contribution in [2.75, 3.05) is 39.9 Å². The highest BCUT2D eigenvalue weighted by Gasteiger charge is 2.54. The van der Waals surface area contributed by atoms with Gasteiger partial charge in [-0.25, -0.2) is 9.48 Å². The third-order valence-electron chi connectivity index (χ3n) is 11.7. The first-order chi connectivity index (χ1) is 28.2. The Morgan fingerprint density at radius 3 is 2.50 bits per heavy atom. The molecule has 0 saturated carbocycles. The molecule has 4 aliphatic heterocycles. The van der Waals surface area contributed by atoms with E-state index in [1.165, 1.54) is 14.2 Å². The van der Waals surface area contributed by atoms with Gasteiger partial charge in [0, 0.05) is 42.2 Å². The second kappa shape index (κ2) is 17.2. The molecule has 3 amide bonds. The van der Waals surface area contributed by atoms with E-state index in [4.69, 9.17) is 28.4 Å². The summed E-state index contributed by atoms with van der Waals surface area (Å²) in [5, 5.41) is 28.7. The minimum atomic E-state index is -0.633. The van der Waals surface area contributed by atoms with Crippen LogP contribution in [0.5, 0.6) is 28.7 Å². The number of methoxy groups -OCH3 is 2. The highest BCUT2D eigenvalue weighted by Crippen LogP contribution is 2.56. The molecule has 5 aliphatic rings. The molecule has 1 aromatic heterocycles. The van der Waals surface area contributed by atoms with Crippen molar-refractivity contribution in [3.63, 3.8) is 0 Å². The van der Waals surface area contributed by atoms with E-state index in [2.05, 4.69) is 26.3 Å². The Kier molecular flexibility index (Phi) is 11.7. The minimum Gasteiger partial charge on any atom is -0.502 e. The Morgan fingerprint density at radius 2 is 1.72 bits per heavy atom. The molecule has 1 aliphatic carbocycles. The Balaban J connectivity index is 0.828. The molecule has 18 heteroatoms. The molecular weight excluding hydrogens is 773 g/mol. The zero-order valence-electron chi connectivity index (χ0n) is 32.4. The lowest BCUT2D eigenvalue weighted by atomic mass is 9.65. The molecule has 0 radical (unpaired) electrons. The fraction of sp³-hybridized carbons (Fsp3) is 0.550. The van der Waals surface area contributed by atoms with E-state index >= 15 is 0 Å². The van der Waals surface area contributed by atoms with Gasteiger partial charge in [0.15, 0.2) is 23.0 Å². The standard InChI is InChI=1S/C40H48N6O11S/c1-52-29-12-21(13-30(53-2)38(29)49)34-23-14-27-28(57-20-56-27)15-24(23)37(25-18-55-39(50)35(25)34)46-16-22(44-45-46)17-54-33(48)10-4-3-7-11-41-32(47)9-6-5-8-31-36-26(19-58-31)42-40(51)43-36/h12-16,25-26,31,34-37,49H,3-11,17-20H2,1-2H3,(H,41,47)(H2,42,43,51)/t25-,26+,31-,34+,35+,36+,37+/m0/s1. The van der Waals surface area contributed by atoms with Crippen LogP contribution in [0.1, 0.15) is 85.7 Å². The number of phenolic OH excluding ortho intramolecular Hbond substituents is 1. The highest BCUT2D eigenvalue weighted by molar-refractivity contribution is 8.00. The van der Waals surface area contributed by atoms with Crippen molar-refractivity contribution in [3.05, 3.63) is 52.8 Å². The molecule has 7 atom stereocenters. The lowest BCUT2D eigenvalue weighted by molar-refractivity contribution is -0.145. The van der Waals surface area contributed by atoms with E-state index in [-0.39, 0.29) is 85.6 Å². The fourth-order valence-corrected chi connectivity index (χ4v) is 10.4. The first-order valence-electron chi connectivity index (χ1n) is 19.8. The smallest absolute Gasteiger partial charge is 0.315 e. The summed E-state index contributed by atoms with van der Waals surface area (Å²) in [5.74, 6) is 0.112. The molecule has 3 saturated heterocycles. The number of urea groups is 1. The normalized spacial score (nSPS) is 24.9. The molecule has 58 heavy (non-hydrogen) atoms. The third-order valence-corrected chi connectivity index (χ3v) is 13.2. The maximum atomic E-state index is 13.5. The van der Waals surface area contributed by atoms with Gasteiger partial charge in [0.2, 0.25) is 18.4 Å². The Bertz CT molecular complexity index is 2020. The number of aromatic nitrogens is 3. The zero-order valence-corrected chi connectivity index (χ0v) is 33.2. The van der Waals surface area contributed by atoms with Gasteiger partial charge in [-0.15, -0.1) is 5.10 Å². The van der Waals surface area contributed by atoms with E-state index in [1.807, 2.05) is 23.9 Å². The molecule has 0 spiro atoms. The van der Waals surface area contributed by atoms with Gasteiger partial charge < -0.3 is 49.5 Å². The quantitative estimate of drug-likeness (QED) is 0.0870. The number of aromatic hydroxyl groups is 1. The average molecular weight is 821 g/mol. The number of nitrogens with zero attached hydrogens (tertiary/aromatic N) is 3. The highest BCUT2D eigenvalue weighted by atomic mass is 32.2. The summed E-state index contributed by atoms with van der Waals surface area (Å²) in [5.41, 5.74) is 2.76. The van der Waals surface area contributed by atoms with Crippen LogP contribution in [-0.4, -0.2) is 101 Å². The summed E-state index contributed by atoms with van der Waals surface area (Å²) in [4.78, 5) is 50.1. The number of amides is 3. The molecule has 2 aromatic carbocycles. The van der Waals surface area contributed by atoms with Crippen LogP contribution in [-0.2, 0) is 30.5 Å². The van der Waals surface area contributed by atoms with Gasteiger partial charge in [-0.3, -0.25) is 14.4 Å². The number of benzene rings is 2. The average Bonchev–Trinajstić information content (AvgIpc) is 4.07. The largest absolute Gasteiger partial charge is 0.502 e.